The fourth-order valence-electron chi connectivity index (χ4n) is 0.528. The van der Waals surface area contributed by atoms with E-state index < -0.39 is 12.1 Å². The summed E-state index contributed by atoms with van der Waals surface area (Å²) in [6, 6.07) is 2.12. The van der Waals surface area contributed by atoms with Gasteiger partial charge in [-0.25, -0.2) is 13.8 Å². The van der Waals surface area contributed by atoms with E-state index in [0.29, 0.717) is 0 Å². The van der Waals surface area contributed by atoms with Crippen LogP contribution in [-0.2, 0) is 0 Å². The maximum absolute atomic E-state index is 11.9. The highest BCUT2D eigenvalue weighted by molar-refractivity contribution is 5.04. The zero-order valence-electron chi connectivity index (χ0n) is 5.71. The van der Waals surface area contributed by atoms with Crippen molar-refractivity contribution in [2.75, 3.05) is 7.11 Å². The van der Waals surface area contributed by atoms with E-state index in [2.05, 4.69) is 20.8 Å². The van der Waals surface area contributed by atoms with Gasteiger partial charge in [0.25, 0.3) is 6.43 Å². The van der Waals surface area contributed by atoms with E-state index in [1.807, 2.05) is 0 Å². The normalized spacial score (nSPS) is 10.2. The predicted octanol–water partition coefficient (Wildman–Crippen LogP) is 1.22. The SMILES string of the molecule is COc1nc[c]c(C(F)F)n1. The number of alkyl halides is 2. The quantitative estimate of drug-likeness (QED) is 0.650. The lowest BCUT2D eigenvalue weighted by Crippen LogP contribution is -1.96. The minimum Gasteiger partial charge on any atom is -0.467 e. The highest BCUT2D eigenvalue weighted by Gasteiger charge is 2.09. The number of hydrogen-bond acceptors (Lipinski definition) is 3. The molecule has 3 nitrogen and oxygen atoms in total. The van der Waals surface area contributed by atoms with E-state index in [1.165, 1.54) is 7.11 Å². The molecule has 0 unspecified atom stereocenters. The van der Waals surface area contributed by atoms with Crippen LogP contribution in [0.5, 0.6) is 6.01 Å². The first-order valence-electron chi connectivity index (χ1n) is 2.81. The van der Waals surface area contributed by atoms with Gasteiger partial charge in [0.2, 0.25) is 0 Å². The third kappa shape index (κ3) is 1.83. The maximum Gasteiger partial charge on any atom is 0.316 e. The number of halogens is 2. The van der Waals surface area contributed by atoms with Crippen molar-refractivity contribution in [3.05, 3.63) is 18.0 Å². The third-order valence-electron chi connectivity index (χ3n) is 0.993. The van der Waals surface area contributed by atoms with Crippen molar-refractivity contribution < 1.29 is 13.5 Å². The molecule has 0 bridgehead atoms. The van der Waals surface area contributed by atoms with Gasteiger partial charge in [-0.05, 0) is 0 Å². The molecule has 0 atom stereocenters. The molecule has 0 saturated heterocycles. The van der Waals surface area contributed by atoms with Crippen LogP contribution >= 0.6 is 0 Å². The lowest BCUT2D eigenvalue weighted by atomic mass is 10.4. The smallest absolute Gasteiger partial charge is 0.316 e. The second-order valence-corrected chi connectivity index (χ2v) is 1.69. The molecule has 1 heterocycles. The summed E-state index contributed by atoms with van der Waals surface area (Å²) in [7, 11) is 1.31. The van der Waals surface area contributed by atoms with Gasteiger partial charge in [0.05, 0.1) is 7.11 Å². The molecule has 0 spiro atoms. The number of ether oxygens (including phenoxy) is 1. The maximum atomic E-state index is 11.9. The molecule has 59 valence electrons. The summed E-state index contributed by atoms with van der Waals surface area (Å²) < 4.78 is 28.3. The van der Waals surface area contributed by atoms with Crippen LogP contribution in [0, 0.1) is 6.07 Å². The third-order valence-corrected chi connectivity index (χ3v) is 0.993. The van der Waals surface area contributed by atoms with Crippen LogP contribution in [0.15, 0.2) is 6.20 Å². The fraction of sp³-hybridized carbons (Fsp3) is 0.333. The Morgan fingerprint density at radius 1 is 1.64 bits per heavy atom. The van der Waals surface area contributed by atoms with Gasteiger partial charge in [0, 0.05) is 12.3 Å². The van der Waals surface area contributed by atoms with Crippen molar-refractivity contribution in [3.8, 4) is 6.01 Å². The molecule has 5 heteroatoms. The van der Waals surface area contributed by atoms with E-state index in [4.69, 9.17) is 0 Å². The molecule has 1 aromatic rings. The largest absolute Gasteiger partial charge is 0.467 e. The molecule has 0 saturated carbocycles. The van der Waals surface area contributed by atoms with Gasteiger partial charge < -0.3 is 4.74 Å². The first-order valence-corrected chi connectivity index (χ1v) is 2.81. The van der Waals surface area contributed by atoms with Gasteiger partial charge in [0.1, 0.15) is 5.69 Å². The Balaban J connectivity index is 2.91. The van der Waals surface area contributed by atoms with E-state index in [-0.39, 0.29) is 6.01 Å². The number of aromatic nitrogens is 2. The van der Waals surface area contributed by atoms with Gasteiger partial charge in [0.15, 0.2) is 0 Å². The van der Waals surface area contributed by atoms with Crippen LogP contribution in [0.1, 0.15) is 12.1 Å². The van der Waals surface area contributed by atoms with Gasteiger partial charge >= 0.3 is 6.01 Å². The zero-order chi connectivity index (χ0) is 8.27. The Labute approximate surface area is 62.0 Å². The van der Waals surface area contributed by atoms with Crippen LogP contribution in [0.3, 0.4) is 0 Å². The summed E-state index contributed by atoms with van der Waals surface area (Å²) in [5, 5.41) is 0. The molecule has 0 fully saturated rings. The first kappa shape index (κ1) is 7.84. The van der Waals surface area contributed by atoms with E-state index >= 15 is 0 Å². The van der Waals surface area contributed by atoms with E-state index in [1.54, 1.807) is 0 Å². The molecule has 0 aromatic carbocycles. The van der Waals surface area contributed by atoms with Crippen LogP contribution in [-0.4, -0.2) is 17.1 Å². The Bertz CT molecular complexity index is 242. The number of rotatable bonds is 2. The highest BCUT2D eigenvalue weighted by atomic mass is 19.3. The summed E-state index contributed by atoms with van der Waals surface area (Å²) in [5.74, 6) is 0. The second-order valence-electron chi connectivity index (χ2n) is 1.69. The lowest BCUT2D eigenvalue weighted by molar-refractivity contribution is 0.144. The molecule has 1 rings (SSSR count). The average Bonchev–Trinajstić information content (AvgIpc) is 2.05. The molecule has 11 heavy (non-hydrogen) atoms. The lowest BCUT2D eigenvalue weighted by Gasteiger charge is -1.98. The van der Waals surface area contributed by atoms with Crippen LogP contribution in [0.25, 0.3) is 0 Å². The second kappa shape index (κ2) is 3.23. The predicted molar refractivity (Wildman–Crippen MR) is 32.4 cm³/mol. The summed E-state index contributed by atoms with van der Waals surface area (Å²) in [6.07, 6.45) is -1.53. The van der Waals surface area contributed by atoms with Crippen molar-refractivity contribution >= 4 is 0 Å². The van der Waals surface area contributed by atoms with E-state index in [0.717, 1.165) is 6.20 Å². The molecule has 1 aromatic heterocycles. The molecule has 1 radical (unpaired) electrons. The zero-order valence-corrected chi connectivity index (χ0v) is 5.71. The topological polar surface area (TPSA) is 35.0 Å². The van der Waals surface area contributed by atoms with Crippen molar-refractivity contribution in [1.82, 2.24) is 9.97 Å². The van der Waals surface area contributed by atoms with Crippen molar-refractivity contribution in [2.24, 2.45) is 0 Å². The summed E-state index contributed by atoms with van der Waals surface area (Å²) >= 11 is 0. The van der Waals surface area contributed by atoms with Crippen LogP contribution in [0.2, 0.25) is 0 Å². The molecule has 0 aliphatic heterocycles. The Kier molecular flexibility index (Phi) is 2.30. The van der Waals surface area contributed by atoms with Gasteiger partial charge in [-0.1, -0.05) is 0 Å². The van der Waals surface area contributed by atoms with Crippen molar-refractivity contribution in [2.45, 2.75) is 6.43 Å². The summed E-state index contributed by atoms with van der Waals surface area (Å²) in [5.41, 5.74) is -0.447. The minimum absolute atomic E-state index is 0.0703. The Hall–Kier alpha value is -1.26. The minimum atomic E-state index is -2.63. The molecule has 0 amide bonds. The summed E-state index contributed by atoms with van der Waals surface area (Å²) in [6.45, 7) is 0. The number of methoxy groups -OCH3 is 1. The van der Waals surface area contributed by atoms with Crippen LogP contribution < -0.4 is 4.74 Å². The van der Waals surface area contributed by atoms with Gasteiger partial charge in [-0.3, -0.25) is 0 Å². The monoisotopic (exact) mass is 159 g/mol. The number of nitrogens with zero attached hydrogens (tertiary/aromatic N) is 2. The van der Waals surface area contributed by atoms with Crippen molar-refractivity contribution in [1.29, 1.82) is 0 Å². The Morgan fingerprint density at radius 2 is 2.36 bits per heavy atom. The molecular formula is C6H5F2N2O. The Morgan fingerprint density at radius 3 is 2.91 bits per heavy atom. The first-order chi connectivity index (χ1) is 5.24. The van der Waals surface area contributed by atoms with Crippen LogP contribution in [0.4, 0.5) is 8.78 Å². The summed E-state index contributed by atoms with van der Waals surface area (Å²) in [4.78, 5) is 6.87. The molecule has 0 aliphatic carbocycles. The number of hydrogen-bond donors (Lipinski definition) is 0. The molecular weight excluding hydrogens is 154 g/mol. The molecule has 0 aliphatic rings. The van der Waals surface area contributed by atoms with E-state index in [9.17, 15) is 8.78 Å². The van der Waals surface area contributed by atoms with Gasteiger partial charge in [-0.15, -0.1) is 0 Å². The highest BCUT2D eigenvalue weighted by Crippen LogP contribution is 2.15. The average molecular weight is 159 g/mol. The molecule has 0 N–H and O–H groups in total. The standard InChI is InChI=1S/C6H5F2N2O/c1-11-6-9-3-2-4(10-6)5(7)8/h3,5H,1H3. The van der Waals surface area contributed by atoms with Crippen molar-refractivity contribution in [3.63, 3.8) is 0 Å². The fourth-order valence-corrected chi connectivity index (χ4v) is 0.528. The van der Waals surface area contributed by atoms with Gasteiger partial charge in [-0.2, -0.15) is 4.98 Å².